The molecule has 0 atom stereocenters. The molecule has 17 heavy (non-hydrogen) atoms. The number of ether oxygens (including phenoxy) is 2. The van der Waals surface area contributed by atoms with E-state index < -0.39 is 10.9 Å². The number of fused-ring (bicyclic) bond motifs is 1. The number of benzene rings is 1. The molecule has 1 N–H and O–H groups in total. The minimum atomic E-state index is -1.18. The number of carboxylic acids is 1. The van der Waals surface area contributed by atoms with Crippen LogP contribution in [0.2, 0.25) is 0 Å². The number of nitro benzene ring substituents is 1. The average molecular weight is 237 g/mol. The molecule has 7 heteroatoms. The predicted molar refractivity (Wildman–Crippen MR) is 55.9 cm³/mol. The maximum absolute atomic E-state index is 10.8. The third kappa shape index (κ3) is 2.17. The Hall–Kier alpha value is -2.57. The van der Waals surface area contributed by atoms with Crippen molar-refractivity contribution in [3.63, 3.8) is 0 Å². The Morgan fingerprint density at radius 2 is 2.06 bits per heavy atom. The van der Waals surface area contributed by atoms with E-state index in [4.69, 9.17) is 14.6 Å². The summed E-state index contributed by atoms with van der Waals surface area (Å²) in [5.74, 6) is -0.540. The fourth-order valence-electron chi connectivity index (χ4n) is 1.40. The van der Waals surface area contributed by atoms with Crippen LogP contribution in [0.4, 0.5) is 5.69 Å². The molecule has 7 nitrogen and oxygen atoms in total. The van der Waals surface area contributed by atoms with Crippen molar-refractivity contribution in [2.24, 2.45) is 0 Å². The molecule has 0 radical (unpaired) electrons. The zero-order valence-electron chi connectivity index (χ0n) is 8.45. The lowest BCUT2D eigenvalue weighted by Crippen LogP contribution is -1.93. The highest BCUT2D eigenvalue weighted by Gasteiger charge is 2.22. The summed E-state index contributed by atoms with van der Waals surface area (Å²) >= 11 is 0. The smallest absolute Gasteiger partial charge is 0.328 e. The van der Waals surface area contributed by atoms with E-state index >= 15 is 0 Å². The minimum Gasteiger partial charge on any atom is -0.478 e. The molecule has 1 aliphatic heterocycles. The van der Waals surface area contributed by atoms with E-state index in [1.807, 2.05) is 0 Å². The molecule has 2 rings (SSSR count). The molecule has 0 unspecified atom stereocenters. The molecule has 0 saturated heterocycles. The van der Waals surface area contributed by atoms with E-state index in [0.29, 0.717) is 5.75 Å². The van der Waals surface area contributed by atoms with Gasteiger partial charge < -0.3 is 14.6 Å². The number of hydrogen-bond donors (Lipinski definition) is 1. The molecule has 1 aliphatic rings. The number of rotatable bonds is 3. The Labute approximate surface area is 95.0 Å². The van der Waals surface area contributed by atoms with Crippen molar-refractivity contribution >= 4 is 17.7 Å². The summed E-state index contributed by atoms with van der Waals surface area (Å²) in [6.45, 7) is -0.00140. The van der Waals surface area contributed by atoms with E-state index in [-0.39, 0.29) is 23.8 Å². The highest BCUT2D eigenvalue weighted by Crippen LogP contribution is 2.38. The van der Waals surface area contributed by atoms with Gasteiger partial charge in [0.2, 0.25) is 6.79 Å². The van der Waals surface area contributed by atoms with Gasteiger partial charge in [-0.15, -0.1) is 0 Å². The average Bonchev–Trinajstić information content (AvgIpc) is 2.71. The summed E-state index contributed by atoms with van der Waals surface area (Å²) in [6.07, 6.45) is 1.97. The molecular formula is C10H7NO6. The second-order valence-corrected chi connectivity index (χ2v) is 3.19. The van der Waals surface area contributed by atoms with Gasteiger partial charge in [-0.1, -0.05) is 0 Å². The number of carboxylic acid groups (broad SMARTS) is 1. The Morgan fingerprint density at radius 1 is 1.41 bits per heavy atom. The highest BCUT2D eigenvalue weighted by molar-refractivity contribution is 5.86. The van der Waals surface area contributed by atoms with E-state index in [2.05, 4.69) is 0 Å². The van der Waals surface area contributed by atoms with Crippen molar-refractivity contribution < 1.29 is 24.3 Å². The van der Waals surface area contributed by atoms with Gasteiger partial charge in [0, 0.05) is 6.08 Å². The zero-order valence-corrected chi connectivity index (χ0v) is 8.45. The summed E-state index contributed by atoms with van der Waals surface area (Å²) in [5.41, 5.74) is -0.0756. The largest absolute Gasteiger partial charge is 0.478 e. The number of hydrogen-bond acceptors (Lipinski definition) is 5. The molecule has 0 saturated carbocycles. The first-order chi connectivity index (χ1) is 8.08. The third-order valence-electron chi connectivity index (χ3n) is 2.12. The maximum atomic E-state index is 10.8. The number of carbonyl (C=O) groups is 1. The fraction of sp³-hybridized carbons (Fsp3) is 0.100. The van der Waals surface area contributed by atoms with Crippen LogP contribution in [0.3, 0.4) is 0 Å². The topological polar surface area (TPSA) is 98.9 Å². The summed E-state index contributed by atoms with van der Waals surface area (Å²) in [5, 5.41) is 19.3. The van der Waals surface area contributed by atoms with Gasteiger partial charge in [-0.3, -0.25) is 10.1 Å². The van der Waals surface area contributed by atoms with Crippen LogP contribution in [-0.2, 0) is 4.79 Å². The number of nitrogens with zero attached hydrogens (tertiary/aromatic N) is 1. The lowest BCUT2D eigenvalue weighted by Gasteiger charge is -2.00. The lowest BCUT2D eigenvalue weighted by molar-refractivity contribution is -0.385. The van der Waals surface area contributed by atoms with Crippen LogP contribution in [-0.4, -0.2) is 22.8 Å². The molecule has 0 amide bonds. The van der Waals surface area contributed by atoms with Gasteiger partial charge in [-0.05, 0) is 12.1 Å². The molecule has 0 spiro atoms. The minimum absolute atomic E-state index is 0.00140. The summed E-state index contributed by atoms with van der Waals surface area (Å²) in [4.78, 5) is 20.6. The van der Waals surface area contributed by atoms with Crippen LogP contribution >= 0.6 is 0 Å². The predicted octanol–water partition coefficient (Wildman–Crippen LogP) is 1.42. The first-order valence-electron chi connectivity index (χ1n) is 4.57. The monoisotopic (exact) mass is 237 g/mol. The third-order valence-corrected chi connectivity index (χ3v) is 2.12. The van der Waals surface area contributed by atoms with Gasteiger partial charge >= 0.3 is 5.97 Å². The van der Waals surface area contributed by atoms with Gasteiger partial charge in [0.05, 0.1) is 16.6 Å². The van der Waals surface area contributed by atoms with E-state index in [1.165, 1.54) is 12.1 Å². The molecule has 0 aromatic heterocycles. The lowest BCUT2D eigenvalue weighted by atomic mass is 10.1. The summed E-state index contributed by atoms with van der Waals surface area (Å²) in [7, 11) is 0. The van der Waals surface area contributed by atoms with Crippen molar-refractivity contribution in [1.82, 2.24) is 0 Å². The SMILES string of the molecule is O=C(O)C=Cc1cc2c(cc1[N+](=O)[O-])OCO2. The Balaban J connectivity index is 2.48. The standard InChI is InChI=1S/C10H7NO6/c12-10(13)2-1-6-3-8-9(17-5-16-8)4-7(6)11(14)15/h1-4H,5H2,(H,12,13). The molecule has 88 valence electrons. The van der Waals surface area contributed by atoms with Crippen LogP contribution in [0, 0.1) is 10.1 Å². The molecule has 1 heterocycles. The van der Waals surface area contributed by atoms with Crippen molar-refractivity contribution in [3.8, 4) is 11.5 Å². The first-order valence-corrected chi connectivity index (χ1v) is 4.57. The first kappa shape index (κ1) is 10.9. The second-order valence-electron chi connectivity index (χ2n) is 3.19. The molecule has 0 fully saturated rings. The molecule has 1 aromatic carbocycles. The summed E-state index contributed by atoms with van der Waals surface area (Å²) in [6, 6.07) is 2.59. The van der Waals surface area contributed by atoms with E-state index in [1.54, 1.807) is 0 Å². The zero-order chi connectivity index (χ0) is 12.4. The fourth-order valence-corrected chi connectivity index (χ4v) is 1.40. The molecule has 1 aromatic rings. The van der Waals surface area contributed by atoms with Crippen molar-refractivity contribution in [3.05, 3.63) is 33.9 Å². The normalized spacial score (nSPS) is 12.9. The van der Waals surface area contributed by atoms with Crippen molar-refractivity contribution in [2.75, 3.05) is 6.79 Å². The Bertz CT molecular complexity index is 522. The van der Waals surface area contributed by atoms with Crippen molar-refractivity contribution in [1.29, 1.82) is 0 Å². The number of aliphatic carboxylic acids is 1. The number of nitro groups is 1. The van der Waals surface area contributed by atoms with Crippen LogP contribution < -0.4 is 9.47 Å². The molecule has 0 aliphatic carbocycles. The summed E-state index contributed by atoms with van der Waals surface area (Å²) < 4.78 is 10.1. The van der Waals surface area contributed by atoms with E-state index in [9.17, 15) is 14.9 Å². The van der Waals surface area contributed by atoms with E-state index in [0.717, 1.165) is 12.2 Å². The van der Waals surface area contributed by atoms with Gasteiger partial charge in [-0.25, -0.2) is 4.79 Å². The second kappa shape index (κ2) is 4.12. The van der Waals surface area contributed by atoms with Gasteiger partial charge in [0.15, 0.2) is 11.5 Å². The highest BCUT2D eigenvalue weighted by atomic mass is 16.7. The molecular weight excluding hydrogens is 230 g/mol. The van der Waals surface area contributed by atoms with Crippen LogP contribution in [0.15, 0.2) is 18.2 Å². The van der Waals surface area contributed by atoms with Crippen LogP contribution in [0.1, 0.15) is 5.56 Å². The van der Waals surface area contributed by atoms with Crippen LogP contribution in [0.25, 0.3) is 6.08 Å². The van der Waals surface area contributed by atoms with Gasteiger partial charge in [-0.2, -0.15) is 0 Å². The quantitative estimate of drug-likeness (QED) is 0.485. The maximum Gasteiger partial charge on any atom is 0.328 e. The van der Waals surface area contributed by atoms with Crippen molar-refractivity contribution in [2.45, 2.75) is 0 Å². The van der Waals surface area contributed by atoms with Gasteiger partial charge in [0.1, 0.15) is 0 Å². The Morgan fingerprint density at radius 3 is 2.65 bits per heavy atom. The molecule has 0 bridgehead atoms. The Kier molecular flexibility index (Phi) is 2.65. The van der Waals surface area contributed by atoms with Crippen LogP contribution in [0.5, 0.6) is 11.5 Å². The van der Waals surface area contributed by atoms with Gasteiger partial charge in [0.25, 0.3) is 5.69 Å².